The largest absolute Gasteiger partial charge is 0.316 e. The van der Waals surface area contributed by atoms with Crippen LogP contribution in [0.3, 0.4) is 0 Å². The molecule has 0 amide bonds. The standard InChI is InChI=1S/C12H16BrN3O4S/c13-11-7-10(1-2-12(11)16(17)18)21(19,20)15-6-4-9-3-5-14-8-9/h1-2,7,9,14-15H,3-6,8H2. The number of hydrogen-bond donors (Lipinski definition) is 2. The Labute approximate surface area is 131 Å². The zero-order valence-corrected chi connectivity index (χ0v) is 13.6. The number of benzene rings is 1. The molecule has 0 spiro atoms. The van der Waals surface area contributed by atoms with Gasteiger partial charge in [-0.25, -0.2) is 13.1 Å². The fourth-order valence-electron chi connectivity index (χ4n) is 2.24. The van der Waals surface area contributed by atoms with Gasteiger partial charge in [0.15, 0.2) is 0 Å². The lowest BCUT2D eigenvalue weighted by Crippen LogP contribution is -2.26. The third-order valence-corrected chi connectivity index (χ3v) is 5.53. The van der Waals surface area contributed by atoms with E-state index in [1.807, 2.05) is 0 Å². The number of halogens is 1. The number of nitrogens with one attached hydrogen (secondary N) is 2. The molecule has 1 heterocycles. The number of hydrogen-bond acceptors (Lipinski definition) is 5. The van der Waals surface area contributed by atoms with Gasteiger partial charge in [-0.1, -0.05) is 0 Å². The molecule has 1 saturated heterocycles. The van der Waals surface area contributed by atoms with Crippen LogP contribution >= 0.6 is 15.9 Å². The summed E-state index contributed by atoms with van der Waals surface area (Å²) >= 11 is 3.02. The van der Waals surface area contributed by atoms with E-state index in [1.165, 1.54) is 18.2 Å². The normalized spacial score (nSPS) is 18.8. The van der Waals surface area contributed by atoms with Crippen LogP contribution in [0.2, 0.25) is 0 Å². The third-order valence-electron chi connectivity index (χ3n) is 3.43. The zero-order valence-electron chi connectivity index (χ0n) is 11.2. The van der Waals surface area contributed by atoms with Crippen LogP contribution in [0.4, 0.5) is 5.69 Å². The molecule has 0 bridgehead atoms. The number of sulfonamides is 1. The first-order chi connectivity index (χ1) is 9.90. The average molecular weight is 378 g/mol. The van der Waals surface area contributed by atoms with Gasteiger partial charge in [0.2, 0.25) is 10.0 Å². The molecule has 0 saturated carbocycles. The van der Waals surface area contributed by atoms with Crippen molar-refractivity contribution in [1.29, 1.82) is 0 Å². The number of nitro benzene ring substituents is 1. The summed E-state index contributed by atoms with van der Waals surface area (Å²) in [6, 6.07) is 3.67. The lowest BCUT2D eigenvalue weighted by molar-refractivity contribution is -0.385. The Morgan fingerprint density at radius 2 is 2.24 bits per heavy atom. The summed E-state index contributed by atoms with van der Waals surface area (Å²) in [5, 5.41) is 13.9. The van der Waals surface area contributed by atoms with Crippen molar-refractivity contribution in [3.8, 4) is 0 Å². The van der Waals surface area contributed by atoms with E-state index in [9.17, 15) is 18.5 Å². The van der Waals surface area contributed by atoms with Crippen molar-refractivity contribution in [3.63, 3.8) is 0 Å². The van der Waals surface area contributed by atoms with E-state index in [2.05, 4.69) is 26.0 Å². The van der Waals surface area contributed by atoms with Crippen LogP contribution < -0.4 is 10.0 Å². The highest BCUT2D eigenvalue weighted by molar-refractivity contribution is 9.10. The minimum Gasteiger partial charge on any atom is -0.316 e. The molecule has 2 N–H and O–H groups in total. The van der Waals surface area contributed by atoms with Crippen LogP contribution in [-0.4, -0.2) is 33.0 Å². The van der Waals surface area contributed by atoms with Gasteiger partial charge >= 0.3 is 0 Å². The highest BCUT2D eigenvalue weighted by Crippen LogP contribution is 2.27. The second-order valence-corrected chi connectivity index (χ2v) is 7.54. The molecule has 1 aliphatic rings. The maximum Gasteiger partial charge on any atom is 0.283 e. The van der Waals surface area contributed by atoms with Crippen LogP contribution in [-0.2, 0) is 10.0 Å². The van der Waals surface area contributed by atoms with E-state index in [-0.39, 0.29) is 15.1 Å². The zero-order chi connectivity index (χ0) is 15.5. The van der Waals surface area contributed by atoms with Crippen LogP contribution in [0.1, 0.15) is 12.8 Å². The van der Waals surface area contributed by atoms with Gasteiger partial charge in [-0.05, 0) is 59.9 Å². The van der Waals surface area contributed by atoms with Crippen molar-refractivity contribution in [2.24, 2.45) is 5.92 Å². The Morgan fingerprint density at radius 3 is 2.81 bits per heavy atom. The summed E-state index contributed by atoms with van der Waals surface area (Å²) < 4.78 is 26.9. The SMILES string of the molecule is O=[N+]([O-])c1ccc(S(=O)(=O)NCCC2CCNC2)cc1Br. The van der Waals surface area contributed by atoms with E-state index < -0.39 is 14.9 Å². The summed E-state index contributed by atoms with van der Waals surface area (Å²) in [6.45, 7) is 2.26. The van der Waals surface area contributed by atoms with Gasteiger partial charge < -0.3 is 5.32 Å². The summed E-state index contributed by atoms with van der Waals surface area (Å²) in [5.74, 6) is 0.497. The fourth-order valence-corrected chi connectivity index (χ4v) is 3.99. The molecule has 1 aliphatic heterocycles. The summed E-state index contributed by atoms with van der Waals surface area (Å²) in [4.78, 5) is 10.2. The Bertz CT molecular complexity index is 629. The van der Waals surface area contributed by atoms with E-state index in [0.717, 1.165) is 25.9 Å². The van der Waals surface area contributed by atoms with Crippen molar-refractivity contribution in [3.05, 3.63) is 32.8 Å². The monoisotopic (exact) mass is 377 g/mol. The number of nitro groups is 1. The van der Waals surface area contributed by atoms with E-state index in [1.54, 1.807) is 0 Å². The predicted molar refractivity (Wildman–Crippen MR) is 81.6 cm³/mol. The van der Waals surface area contributed by atoms with Crippen LogP contribution in [0.15, 0.2) is 27.6 Å². The van der Waals surface area contributed by atoms with Gasteiger partial charge in [0.1, 0.15) is 0 Å². The first-order valence-corrected chi connectivity index (χ1v) is 8.82. The van der Waals surface area contributed by atoms with Crippen molar-refractivity contribution in [2.45, 2.75) is 17.7 Å². The van der Waals surface area contributed by atoms with Gasteiger partial charge in [0, 0.05) is 12.6 Å². The summed E-state index contributed by atoms with van der Waals surface area (Å²) in [6.07, 6.45) is 1.84. The van der Waals surface area contributed by atoms with Gasteiger partial charge in [-0.2, -0.15) is 0 Å². The van der Waals surface area contributed by atoms with E-state index >= 15 is 0 Å². The van der Waals surface area contributed by atoms with Crippen molar-refractivity contribution in [1.82, 2.24) is 10.0 Å². The molecule has 0 aliphatic carbocycles. The smallest absolute Gasteiger partial charge is 0.283 e. The molecule has 1 atom stereocenters. The van der Waals surface area contributed by atoms with Gasteiger partial charge in [-0.3, -0.25) is 10.1 Å². The number of nitrogens with zero attached hydrogens (tertiary/aromatic N) is 1. The fraction of sp³-hybridized carbons (Fsp3) is 0.500. The molecule has 0 radical (unpaired) electrons. The Morgan fingerprint density at radius 1 is 1.48 bits per heavy atom. The maximum absolute atomic E-state index is 12.1. The molecule has 9 heteroatoms. The lowest BCUT2D eigenvalue weighted by Gasteiger charge is -2.10. The molecule has 1 aromatic rings. The Balaban J connectivity index is 2.01. The predicted octanol–water partition coefficient (Wildman–Crippen LogP) is 1.64. The quantitative estimate of drug-likeness (QED) is 0.579. The topological polar surface area (TPSA) is 101 Å². The molecule has 1 fully saturated rings. The molecule has 2 rings (SSSR count). The van der Waals surface area contributed by atoms with Crippen LogP contribution in [0, 0.1) is 16.0 Å². The maximum atomic E-state index is 12.1. The third kappa shape index (κ3) is 4.22. The molecule has 21 heavy (non-hydrogen) atoms. The number of rotatable bonds is 6. The molecular formula is C12H16BrN3O4S. The highest BCUT2D eigenvalue weighted by atomic mass is 79.9. The van der Waals surface area contributed by atoms with Crippen LogP contribution in [0.5, 0.6) is 0 Å². The van der Waals surface area contributed by atoms with Crippen molar-refractivity contribution < 1.29 is 13.3 Å². The molecule has 7 nitrogen and oxygen atoms in total. The van der Waals surface area contributed by atoms with E-state index in [0.29, 0.717) is 12.5 Å². The molecular weight excluding hydrogens is 362 g/mol. The minimum absolute atomic E-state index is 0.0181. The summed E-state index contributed by atoms with van der Waals surface area (Å²) in [7, 11) is -3.64. The molecule has 116 valence electrons. The second-order valence-electron chi connectivity index (χ2n) is 4.92. The minimum atomic E-state index is -3.64. The summed E-state index contributed by atoms with van der Waals surface area (Å²) in [5.41, 5.74) is -0.161. The molecule has 1 unspecified atom stereocenters. The second kappa shape index (κ2) is 6.82. The first-order valence-electron chi connectivity index (χ1n) is 6.54. The van der Waals surface area contributed by atoms with E-state index in [4.69, 9.17) is 0 Å². The Kier molecular flexibility index (Phi) is 5.31. The first kappa shape index (κ1) is 16.3. The molecule has 0 aromatic heterocycles. The van der Waals surface area contributed by atoms with Crippen molar-refractivity contribution in [2.75, 3.05) is 19.6 Å². The average Bonchev–Trinajstić information content (AvgIpc) is 2.91. The van der Waals surface area contributed by atoms with Crippen LogP contribution in [0.25, 0.3) is 0 Å². The lowest BCUT2D eigenvalue weighted by atomic mass is 10.1. The van der Waals surface area contributed by atoms with Crippen molar-refractivity contribution >= 4 is 31.6 Å². The Hall–Kier alpha value is -1.03. The van der Waals surface area contributed by atoms with Gasteiger partial charge in [0.05, 0.1) is 14.3 Å². The van der Waals surface area contributed by atoms with Gasteiger partial charge in [0.25, 0.3) is 5.69 Å². The highest BCUT2D eigenvalue weighted by Gasteiger charge is 2.20. The van der Waals surface area contributed by atoms with Gasteiger partial charge in [-0.15, -0.1) is 0 Å². The molecule has 1 aromatic carbocycles.